The number of fused-ring (bicyclic) bond motifs is 2. The van der Waals surface area contributed by atoms with Gasteiger partial charge in [-0.1, -0.05) is 0 Å². The smallest absolute Gasteiger partial charge is 0.0198 e. The van der Waals surface area contributed by atoms with Crippen molar-refractivity contribution < 1.29 is 0 Å². The molecule has 0 spiro atoms. The van der Waals surface area contributed by atoms with E-state index in [1.165, 1.54) is 12.8 Å². The maximum absolute atomic E-state index is 4.44. The Labute approximate surface area is 66.4 Å². The van der Waals surface area contributed by atoms with Gasteiger partial charge in [-0.2, -0.15) is 25.3 Å². The molecule has 1 N–H and O–H groups in total. The largest absolute Gasteiger partial charge is 0.309 e. The fourth-order valence-corrected chi connectivity index (χ4v) is 2.67. The Hall–Kier alpha value is 0.660. The lowest BCUT2D eigenvalue weighted by Gasteiger charge is -2.18. The van der Waals surface area contributed by atoms with Crippen molar-refractivity contribution in [2.24, 2.45) is 0 Å². The maximum Gasteiger partial charge on any atom is 0.0198 e. The summed E-state index contributed by atoms with van der Waals surface area (Å²) in [5.74, 6) is 0. The zero-order valence-corrected chi connectivity index (χ0v) is 6.91. The van der Waals surface area contributed by atoms with E-state index in [-0.39, 0.29) is 0 Å². The molecule has 2 aliphatic rings. The zero-order chi connectivity index (χ0) is 6.43. The molecule has 3 heteroatoms. The molecule has 9 heavy (non-hydrogen) atoms. The molecule has 0 aromatic carbocycles. The van der Waals surface area contributed by atoms with Crippen LogP contribution in [0.15, 0.2) is 0 Å². The Morgan fingerprint density at radius 3 is 1.67 bits per heavy atom. The number of nitrogens with one attached hydrogen (secondary N) is 1. The lowest BCUT2D eigenvalue weighted by atomic mass is 10.00. The summed E-state index contributed by atoms with van der Waals surface area (Å²) >= 11 is 8.88. The van der Waals surface area contributed by atoms with Crippen molar-refractivity contribution >= 4 is 25.3 Å². The Balaban J connectivity index is 2.10. The van der Waals surface area contributed by atoms with Crippen molar-refractivity contribution in [3.8, 4) is 0 Å². The summed E-state index contributed by atoms with van der Waals surface area (Å²) in [4.78, 5) is 0. The van der Waals surface area contributed by atoms with E-state index in [0.29, 0.717) is 22.6 Å². The van der Waals surface area contributed by atoms with Crippen LogP contribution in [-0.4, -0.2) is 22.6 Å². The van der Waals surface area contributed by atoms with Gasteiger partial charge in [0, 0.05) is 22.6 Å². The summed E-state index contributed by atoms with van der Waals surface area (Å²) < 4.78 is 0. The first-order valence-electron chi connectivity index (χ1n) is 3.39. The van der Waals surface area contributed by atoms with E-state index in [0.717, 1.165) is 0 Å². The first-order valence-corrected chi connectivity index (χ1v) is 4.43. The van der Waals surface area contributed by atoms with E-state index < -0.39 is 0 Å². The summed E-state index contributed by atoms with van der Waals surface area (Å²) in [6.45, 7) is 0. The van der Waals surface area contributed by atoms with Gasteiger partial charge < -0.3 is 5.32 Å². The van der Waals surface area contributed by atoms with Crippen LogP contribution >= 0.6 is 25.3 Å². The van der Waals surface area contributed by atoms with Crippen LogP contribution in [-0.2, 0) is 0 Å². The molecule has 2 heterocycles. The fraction of sp³-hybridized carbons (Fsp3) is 1.00. The van der Waals surface area contributed by atoms with Gasteiger partial charge in [-0.25, -0.2) is 0 Å². The predicted molar refractivity (Wildman–Crippen MR) is 45.5 cm³/mol. The molecule has 4 atom stereocenters. The molecule has 0 saturated carbocycles. The van der Waals surface area contributed by atoms with Crippen molar-refractivity contribution in [3.63, 3.8) is 0 Å². The third kappa shape index (κ3) is 0.900. The fourth-order valence-electron chi connectivity index (χ4n) is 1.80. The Kier molecular flexibility index (Phi) is 1.47. The van der Waals surface area contributed by atoms with Gasteiger partial charge in [0.1, 0.15) is 0 Å². The molecule has 0 aromatic heterocycles. The lowest BCUT2D eigenvalue weighted by molar-refractivity contribution is 0.605. The standard InChI is InChI=1S/C6H11NS2/c8-5-1-3-6(9)2-4(5)7-3/h3-9H,1-2H2. The molecule has 0 amide bonds. The Morgan fingerprint density at radius 2 is 1.44 bits per heavy atom. The molecule has 2 fully saturated rings. The molecule has 0 radical (unpaired) electrons. The quantitative estimate of drug-likeness (QED) is 0.445. The highest BCUT2D eigenvalue weighted by molar-refractivity contribution is 7.81. The van der Waals surface area contributed by atoms with Crippen LogP contribution in [0, 0.1) is 0 Å². The number of hydrogen-bond donors (Lipinski definition) is 3. The lowest BCUT2D eigenvalue weighted by Crippen LogP contribution is -2.23. The second-order valence-electron chi connectivity index (χ2n) is 2.99. The maximum atomic E-state index is 4.44. The number of hydrogen-bond acceptors (Lipinski definition) is 3. The van der Waals surface area contributed by atoms with Crippen molar-refractivity contribution in [1.82, 2.24) is 5.32 Å². The Bertz CT molecular complexity index is 110. The van der Waals surface area contributed by atoms with Crippen LogP contribution in [0.1, 0.15) is 12.8 Å². The molecule has 2 bridgehead atoms. The van der Waals surface area contributed by atoms with E-state index in [1.807, 2.05) is 0 Å². The van der Waals surface area contributed by atoms with E-state index >= 15 is 0 Å². The molecule has 2 aliphatic heterocycles. The van der Waals surface area contributed by atoms with Gasteiger partial charge in [0.05, 0.1) is 0 Å². The molecule has 4 unspecified atom stereocenters. The molecule has 1 nitrogen and oxygen atoms in total. The van der Waals surface area contributed by atoms with Gasteiger partial charge in [0.25, 0.3) is 0 Å². The predicted octanol–water partition coefficient (Wildman–Crippen LogP) is 0.717. The van der Waals surface area contributed by atoms with Crippen LogP contribution in [0.2, 0.25) is 0 Å². The van der Waals surface area contributed by atoms with Gasteiger partial charge in [0.15, 0.2) is 0 Å². The molecule has 0 aliphatic carbocycles. The first kappa shape index (κ1) is 6.38. The molecular formula is C6H11NS2. The van der Waals surface area contributed by atoms with Crippen LogP contribution in [0.25, 0.3) is 0 Å². The van der Waals surface area contributed by atoms with E-state index in [1.54, 1.807) is 0 Å². The summed E-state index contributed by atoms with van der Waals surface area (Å²) in [6, 6.07) is 1.31. The highest BCUT2D eigenvalue weighted by Gasteiger charge is 2.42. The van der Waals surface area contributed by atoms with E-state index in [4.69, 9.17) is 0 Å². The average Bonchev–Trinajstić information content (AvgIpc) is 2.24. The summed E-state index contributed by atoms with van der Waals surface area (Å²) in [7, 11) is 0. The van der Waals surface area contributed by atoms with Crippen LogP contribution < -0.4 is 5.32 Å². The van der Waals surface area contributed by atoms with Crippen molar-refractivity contribution in [3.05, 3.63) is 0 Å². The zero-order valence-electron chi connectivity index (χ0n) is 5.12. The van der Waals surface area contributed by atoms with Gasteiger partial charge in [0.2, 0.25) is 0 Å². The normalized spacial score (nSPS) is 56.7. The third-order valence-electron chi connectivity index (χ3n) is 2.35. The molecular weight excluding hydrogens is 150 g/mol. The summed E-state index contributed by atoms with van der Waals surface area (Å²) in [5.41, 5.74) is 0. The third-order valence-corrected chi connectivity index (χ3v) is 3.49. The monoisotopic (exact) mass is 161 g/mol. The SMILES string of the molecule is SC1CC2NC1CC2S. The second kappa shape index (κ2) is 2.07. The van der Waals surface area contributed by atoms with Crippen LogP contribution in [0.5, 0.6) is 0 Å². The van der Waals surface area contributed by atoms with Gasteiger partial charge in [-0.15, -0.1) is 0 Å². The molecule has 52 valence electrons. The van der Waals surface area contributed by atoms with Crippen LogP contribution in [0.3, 0.4) is 0 Å². The van der Waals surface area contributed by atoms with Gasteiger partial charge in [-0.05, 0) is 12.8 Å². The van der Waals surface area contributed by atoms with Crippen molar-refractivity contribution in [2.75, 3.05) is 0 Å². The van der Waals surface area contributed by atoms with Crippen LogP contribution in [0.4, 0.5) is 0 Å². The average molecular weight is 161 g/mol. The molecule has 2 rings (SSSR count). The van der Waals surface area contributed by atoms with E-state index in [9.17, 15) is 0 Å². The van der Waals surface area contributed by atoms with Gasteiger partial charge >= 0.3 is 0 Å². The Morgan fingerprint density at radius 1 is 1.00 bits per heavy atom. The minimum absolute atomic E-state index is 0.596. The summed E-state index contributed by atoms with van der Waals surface area (Å²) in [5, 5.41) is 4.67. The van der Waals surface area contributed by atoms with E-state index in [2.05, 4.69) is 30.6 Å². The van der Waals surface area contributed by atoms with Crippen molar-refractivity contribution in [2.45, 2.75) is 35.4 Å². The minimum atomic E-state index is 0.596. The second-order valence-corrected chi connectivity index (χ2v) is 4.31. The number of thiol groups is 2. The minimum Gasteiger partial charge on any atom is -0.309 e. The first-order chi connectivity index (χ1) is 4.27. The highest BCUT2D eigenvalue weighted by atomic mass is 32.1. The van der Waals surface area contributed by atoms with Crippen molar-refractivity contribution in [1.29, 1.82) is 0 Å². The van der Waals surface area contributed by atoms with Gasteiger partial charge in [-0.3, -0.25) is 0 Å². The molecule has 0 aromatic rings. The number of rotatable bonds is 0. The highest BCUT2D eigenvalue weighted by Crippen LogP contribution is 2.34. The summed E-state index contributed by atoms with van der Waals surface area (Å²) in [6.07, 6.45) is 2.42. The topological polar surface area (TPSA) is 12.0 Å². The molecule has 2 saturated heterocycles.